The smallest absolute Gasteiger partial charge is 0.239 e. The summed E-state index contributed by atoms with van der Waals surface area (Å²) in [7, 11) is 4.08. The van der Waals surface area contributed by atoms with Gasteiger partial charge in [0.05, 0.1) is 6.04 Å². The van der Waals surface area contributed by atoms with Crippen LogP contribution in [0.25, 0.3) is 0 Å². The molecule has 0 aromatic rings. The number of carbonyl (C=O) groups is 1. The predicted molar refractivity (Wildman–Crippen MR) is 65.3 cm³/mol. The highest BCUT2D eigenvalue weighted by molar-refractivity contribution is 5.82. The minimum absolute atomic E-state index is 0.159. The first-order valence-electron chi connectivity index (χ1n) is 6.67. The zero-order valence-electron chi connectivity index (χ0n) is 10.6. The van der Waals surface area contributed by atoms with E-state index in [4.69, 9.17) is 0 Å². The molecule has 1 aliphatic heterocycles. The van der Waals surface area contributed by atoms with Crippen LogP contribution >= 0.6 is 0 Å². The molecule has 2 rings (SSSR count). The van der Waals surface area contributed by atoms with E-state index in [0.29, 0.717) is 11.9 Å². The third kappa shape index (κ3) is 2.40. The lowest BCUT2D eigenvalue weighted by Gasteiger charge is -2.34. The van der Waals surface area contributed by atoms with E-state index in [9.17, 15) is 4.79 Å². The molecular weight excluding hydrogens is 200 g/mol. The predicted octanol–water partition coefficient (Wildman–Crippen LogP) is 1.87. The number of carbonyl (C=O) groups excluding carboxylic acids is 1. The topological polar surface area (TPSA) is 23.6 Å². The van der Waals surface area contributed by atoms with Crippen molar-refractivity contribution in [2.75, 3.05) is 20.6 Å². The maximum Gasteiger partial charge on any atom is 0.239 e. The molecule has 1 atom stereocenters. The molecule has 1 amide bonds. The van der Waals surface area contributed by atoms with Gasteiger partial charge in [-0.2, -0.15) is 0 Å². The Kier molecular flexibility index (Phi) is 3.85. The first kappa shape index (κ1) is 11.9. The molecule has 1 saturated heterocycles. The van der Waals surface area contributed by atoms with Crippen LogP contribution in [0, 0.1) is 0 Å². The zero-order chi connectivity index (χ0) is 11.5. The summed E-state index contributed by atoms with van der Waals surface area (Å²) in [5, 5.41) is 0. The van der Waals surface area contributed by atoms with Crippen molar-refractivity contribution in [3.8, 4) is 0 Å². The highest BCUT2D eigenvalue weighted by Gasteiger charge is 2.32. The fraction of sp³-hybridized carbons (Fsp3) is 0.923. The number of amides is 1. The summed E-state index contributed by atoms with van der Waals surface area (Å²) >= 11 is 0. The van der Waals surface area contributed by atoms with Gasteiger partial charge in [0.15, 0.2) is 0 Å². The lowest BCUT2D eigenvalue weighted by molar-refractivity contribution is -0.136. The third-order valence-corrected chi connectivity index (χ3v) is 4.28. The molecule has 1 unspecified atom stereocenters. The number of nitrogens with zero attached hydrogens (tertiary/aromatic N) is 2. The van der Waals surface area contributed by atoms with E-state index in [1.807, 2.05) is 11.9 Å². The van der Waals surface area contributed by atoms with Gasteiger partial charge in [0.1, 0.15) is 0 Å². The highest BCUT2D eigenvalue weighted by Crippen LogP contribution is 2.24. The van der Waals surface area contributed by atoms with Crippen molar-refractivity contribution in [2.45, 2.75) is 57.0 Å². The van der Waals surface area contributed by atoms with Gasteiger partial charge in [-0.3, -0.25) is 9.69 Å². The SMILES string of the molecule is CN1CCCC1C(=O)N(C)C1CCCCC1. The summed E-state index contributed by atoms with van der Waals surface area (Å²) in [6.07, 6.45) is 8.57. The second-order valence-electron chi connectivity index (χ2n) is 5.38. The number of rotatable bonds is 2. The van der Waals surface area contributed by atoms with Gasteiger partial charge in [-0.1, -0.05) is 19.3 Å². The summed E-state index contributed by atoms with van der Waals surface area (Å²) in [6.45, 7) is 1.08. The highest BCUT2D eigenvalue weighted by atomic mass is 16.2. The molecule has 3 heteroatoms. The summed E-state index contributed by atoms with van der Waals surface area (Å²) in [4.78, 5) is 16.6. The molecule has 0 aromatic carbocycles. The average Bonchev–Trinajstić information content (AvgIpc) is 2.75. The molecule has 3 nitrogen and oxygen atoms in total. The second kappa shape index (κ2) is 5.17. The van der Waals surface area contributed by atoms with Gasteiger partial charge in [0.25, 0.3) is 0 Å². The van der Waals surface area contributed by atoms with E-state index < -0.39 is 0 Å². The standard InChI is InChI=1S/C13H24N2O/c1-14-10-6-9-12(14)13(16)15(2)11-7-4-3-5-8-11/h11-12H,3-10H2,1-2H3. The molecule has 0 aromatic heterocycles. The van der Waals surface area contributed by atoms with Gasteiger partial charge in [-0.05, 0) is 39.3 Å². The van der Waals surface area contributed by atoms with Gasteiger partial charge in [-0.15, -0.1) is 0 Å². The Bertz CT molecular complexity index is 248. The molecule has 0 spiro atoms. The molecule has 1 saturated carbocycles. The molecule has 0 bridgehead atoms. The fourth-order valence-electron chi connectivity index (χ4n) is 3.11. The molecule has 1 aliphatic carbocycles. The van der Waals surface area contributed by atoms with E-state index >= 15 is 0 Å². The van der Waals surface area contributed by atoms with Crippen LogP contribution in [0.1, 0.15) is 44.9 Å². The maximum absolute atomic E-state index is 12.3. The normalized spacial score (nSPS) is 28.2. The summed E-state index contributed by atoms with van der Waals surface area (Å²) in [6, 6.07) is 0.669. The lowest BCUT2D eigenvalue weighted by Crippen LogP contribution is -2.47. The Morgan fingerprint density at radius 3 is 2.38 bits per heavy atom. The molecule has 0 radical (unpaired) electrons. The van der Waals surface area contributed by atoms with Crippen molar-refractivity contribution in [2.24, 2.45) is 0 Å². The number of hydrogen-bond donors (Lipinski definition) is 0. The minimum Gasteiger partial charge on any atom is -0.341 e. The Hall–Kier alpha value is -0.570. The van der Waals surface area contributed by atoms with Crippen molar-refractivity contribution in [1.82, 2.24) is 9.80 Å². The third-order valence-electron chi connectivity index (χ3n) is 4.28. The minimum atomic E-state index is 0.159. The van der Waals surface area contributed by atoms with Crippen LogP contribution in [0.5, 0.6) is 0 Å². The van der Waals surface area contributed by atoms with Gasteiger partial charge >= 0.3 is 0 Å². The molecule has 16 heavy (non-hydrogen) atoms. The largest absolute Gasteiger partial charge is 0.341 e. The first-order valence-corrected chi connectivity index (χ1v) is 6.67. The van der Waals surface area contributed by atoms with Crippen molar-refractivity contribution >= 4 is 5.91 Å². The Morgan fingerprint density at radius 2 is 1.81 bits per heavy atom. The van der Waals surface area contributed by atoms with Gasteiger partial charge < -0.3 is 4.90 Å². The second-order valence-corrected chi connectivity index (χ2v) is 5.38. The van der Waals surface area contributed by atoms with Gasteiger partial charge in [0.2, 0.25) is 5.91 Å². The van der Waals surface area contributed by atoms with Crippen LogP contribution in [0.2, 0.25) is 0 Å². The Balaban J connectivity index is 1.92. The summed E-state index contributed by atoms with van der Waals surface area (Å²) in [5.74, 6) is 0.354. The molecule has 0 N–H and O–H groups in total. The van der Waals surface area contributed by atoms with E-state index in [2.05, 4.69) is 11.9 Å². The maximum atomic E-state index is 12.3. The molecule has 2 aliphatic rings. The summed E-state index contributed by atoms with van der Waals surface area (Å²) in [5.41, 5.74) is 0. The lowest BCUT2D eigenvalue weighted by atomic mass is 9.94. The van der Waals surface area contributed by atoms with E-state index in [-0.39, 0.29) is 6.04 Å². The zero-order valence-corrected chi connectivity index (χ0v) is 10.6. The number of likely N-dealkylation sites (tertiary alicyclic amines) is 1. The molecule has 1 heterocycles. The van der Waals surface area contributed by atoms with Crippen LogP contribution in [0.4, 0.5) is 0 Å². The van der Waals surface area contributed by atoms with Gasteiger partial charge in [0, 0.05) is 13.1 Å². The molecule has 2 fully saturated rings. The fourth-order valence-corrected chi connectivity index (χ4v) is 3.11. The van der Waals surface area contributed by atoms with E-state index in [0.717, 1.165) is 13.0 Å². The van der Waals surface area contributed by atoms with Crippen LogP contribution in [-0.4, -0.2) is 48.4 Å². The Labute approximate surface area is 98.8 Å². The average molecular weight is 224 g/mol. The number of likely N-dealkylation sites (N-methyl/N-ethyl adjacent to an activating group) is 2. The van der Waals surface area contributed by atoms with Crippen LogP contribution < -0.4 is 0 Å². The van der Waals surface area contributed by atoms with Crippen molar-refractivity contribution in [1.29, 1.82) is 0 Å². The molecular formula is C13H24N2O. The van der Waals surface area contributed by atoms with E-state index in [1.165, 1.54) is 38.5 Å². The quantitative estimate of drug-likeness (QED) is 0.715. The number of hydrogen-bond acceptors (Lipinski definition) is 2. The van der Waals surface area contributed by atoms with Crippen LogP contribution in [0.3, 0.4) is 0 Å². The van der Waals surface area contributed by atoms with Crippen LogP contribution in [-0.2, 0) is 4.79 Å². The van der Waals surface area contributed by atoms with Crippen molar-refractivity contribution in [3.63, 3.8) is 0 Å². The molecule has 92 valence electrons. The van der Waals surface area contributed by atoms with Crippen molar-refractivity contribution in [3.05, 3.63) is 0 Å². The van der Waals surface area contributed by atoms with E-state index in [1.54, 1.807) is 0 Å². The van der Waals surface area contributed by atoms with Crippen LogP contribution in [0.15, 0.2) is 0 Å². The monoisotopic (exact) mass is 224 g/mol. The first-order chi connectivity index (χ1) is 7.70. The van der Waals surface area contributed by atoms with Crippen molar-refractivity contribution < 1.29 is 4.79 Å². The van der Waals surface area contributed by atoms with Gasteiger partial charge in [-0.25, -0.2) is 0 Å². The summed E-state index contributed by atoms with van der Waals surface area (Å²) < 4.78 is 0. The Morgan fingerprint density at radius 1 is 1.12 bits per heavy atom.